The largest absolute Gasteiger partial charge is 0.483 e. The van der Waals surface area contributed by atoms with Crippen molar-refractivity contribution in [1.82, 2.24) is 14.8 Å². The highest BCUT2D eigenvalue weighted by molar-refractivity contribution is 7.71. The Morgan fingerprint density at radius 3 is 2.72 bits per heavy atom. The number of aromatic amines is 1. The molecule has 2 rings (SSSR count). The standard InChI is InChI=1S/C12H14FN3OS/c1-3-16-11(14-15-12(16)18)8(2)17-10-6-4-9(13)5-7-10/h4-8H,3H2,1-2H3,(H,15,18). The van der Waals surface area contributed by atoms with Gasteiger partial charge in [-0.15, -0.1) is 0 Å². The Hall–Kier alpha value is -1.69. The van der Waals surface area contributed by atoms with Gasteiger partial charge in [-0.2, -0.15) is 5.10 Å². The lowest BCUT2D eigenvalue weighted by Gasteiger charge is -2.14. The third kappa shape index (κ3) is 2.59. The molecule has 2 aromatic rings. The van der Waals surface area contributed by atoms with Crippen LogP contribution in [0.5, 0.6) is 5.75 Å². The summed E-state index contributed by atoms with van der Waals surface area (Å²) in [6.45, 7) is 4.59. The molecular weight excluding hydrogens is 253 g/mol. The zero-order valence-corrected chi connectivity index (χ0v) is 11.0. The van der Waals surface area contributed by atoms with Gasteiger partial charge in [0, 0.05) is 6.54 Å². The topological polar surface area (TPSA) is 42.8 Å². The lowest BCUT2D eigenvalue weighted by atomic mass is 10.3. The molecule has 0 spiro atoms. The van der Waals surface area contributed by atoms with Crippen LogP contribution in [0, 0.1) is 10.6 Å². The number of ether oxygens (including phenoxy) is 1. The Balaban J connectivity index is 2.19. The van der Waals surface area contributed by atoms with Crippen LogP contribution in [0.4, 0.5) is 4.39 Å². The van der Waals surface area contributed by atoms with E-state index in [1.54, 1.807) is 12.1 Å². The van der Waals surface area contributed by atoms with Gasteiger partial charge in [-0.1, -0.05) is 0 Å². The van der Waals surface area contributed by atoms with E-state index < -0.39 is 0 Å². The molecule has 0 aliphatic carbocycles. The molecule has 1 aromatic heterocycles. The average molecular weight is 267 g/mol. The SMILES string of the molecule is CCn1c(C(C)Oc2ccc(F)cc2)n[nH]c1=S. The van der Waals surface area contributed by atoms with Crippen LogP contribution >= 0.6 is 12.2 Å². The van der Waals surface area contributed by atoms with E-state index in [-0.39, 0.29) is 11.9 Å². The van der Waals surface area contributed by atoms with E-state index in [2.05, 4.69) is 10.2 Å². The van der Waals surface area contributed by atoms with Gasteiger partial charge >= 0.3 is 0 Å². The zero-order chi connectivity index (χ0) is 13.1. The van der Waals surface area contributed by atoms with Gasteiger partial charge in [0.2, 0.25) is 0 Å². The van der Waals surface area contributed by atoms with Crippen molar-refractivity contribution in [2.45, 2.75) is 26.5 Å². The Kier molecular flexibility index (Phi) is 3.76. The molecular formula is C12H14FN3OS. The van der Waals surface area contributed by atoms with Gasteiger partial charge in [-0.05, 0) is 50.3 Å². The summed E-state index contributed by atoms with van der Waals surface area (Å²) in [4.78, 5) is 0. The van der Waals surface area contributed by atoms with Crippen LogP contribution in [0.25, 0.3) is 0 Å². The molecule has 0 saturated heterocycles. The maximum Gasteiger partial charge on any atom is 0.195 e. The average Bonchev–Trinajstić information content (AvgIpc) is 2.73. The van der Waals surface area contributed by atoms with Crippen LogP contribution in [-0.2, 0) is 6.54 Å². The second-order valence-electron chi connectivity index (χ2n) is 3.85. The van der Waals surface area contributed by atoms with Crippen molar-refractivity contribution in [2.24, 2.45) is 0 Å². The number of nitrogens with one attached hydrogen (secondary N) is 1. The number of H-pyrrole nitrogens is 1. The number of hydrogen-bond donors (Lipinski definition) is 1. The van der Waals surface area contributed by atoms with Gasteiger partial charge in [0.1, 0.15) is 11.6 Å². The Bertz CT molecular complexity index is 576. The fourth-order valence-electron chi connectivity index (χ4n) is 1.72. The number of rotatable bonds is 4. The number of hydrogen-bond acceptors (Lipinski definition) is 3. The molecule has 1 unspecified atom stereocenters. The molecule has 0 radical (unpaired) electrons. The van der Waals surface area contributed by atoms with Crippen molar-refractivity contribution >= 4 is 12.2 Å². The van der Waals surface area contributed by atoms with Crippen molar-refractivity contribution in [3.05, 3.63) is 40.7 Å². The Labute approximate surface area is 109 Å². The molecule has 1 atom stereocenters. The second-order valence-corrected chi connectivity index (χ2v) is 4.23. The van der Waals surface area contributed by atoms with Crippen LogP contribution in [0.15, 0.2) is 24.3 Å². The summed E-state index contributed by atoms with van der Waals surface area (Å²) in [6.07, 6.45) is -0.261. The zero-order valence-electron chi connectivity index (χ0n) is 10.2. The van der Waals surface area contributed by atoms with Gasteiger partial charge in [0.15, 0.2) is 16.7 Å². The van der Waals surface area contributed by atoms with Crippen LogP contribution < -0.4 is 4.74 Å². The second kappa shape index (κ2) is 5.30. The van der Waals surface area contributed by atoms with Gasteiger partial charge in [-0.3, -0.25) is 5.10 Å². The minimum atomic E-state index is -0.286. The molecule has 1 N–H and O–H groups in total. The minimum Gasteiger partial charge on any atom is -0.483 e. The molecule has 0 saturated carbocycles. The van der Waals surface area contributed by atoms with E-state index in [0.717, 1.165) is 12.4 Å². The van der Waals surface area contributed by atoms with Gasteiger partial charge in [0.25, 0.3) is 0 Å². The molecule has 6 heteroatoms. The molecule has 0 aliphatic heterocycles. The van der Waals surface area contributed by atoms with Crippen LogP contribution in [0.1, 0.15) is 25.8 Å². The summed E-state index contributed by atoms with van der Waals surface area (Å²) in [5, 5.41) is 6.89. The minimum absolute atomic E-state index is 0.261. The van der Waals surface area contributed by atoms with Crippen molar-refractivity contribution in [3.63, 3.8) is 0 Å². The molecule has 0 amide bonds. The molecule has 0 aliphatic rings. The highest BCUT2D eigenvalue weighted by Gasteiger charge is 2.14. The summed E-state index contributed by atoms with van der Waals surface area (Å²) in [5.41, 5.74) is 0. The molecule has 1 heterocycles. The number of halogens is 1. The van der Waals surface area contributed by atoms with E-state index in [0.29, 0.717) is 10.5 Å². The molecule has 4 nitrogen and oxygen atoms in total. The summed E-state index contributed by atoms with van der Waals surface area (Å²) in [5.74, 6) is 1.04. The predicted molar refractivity (Wildman–Crippen MR) is 68.5 cm³/mol. The van der Waals surface area contributed by atoms with E-state index in [1.807, 2.05) is 18.4 Å². The first kappa shape index (κ1) is 12.8. The molecule has 1 aromatic carbocycles. The molecule has 0 bridgehead atoms. The fraction of sp³-hybridized carbons (Fsp3) is 0.333. The summed E-state index contributed by atoms with van der Waals surface area (Å²) < 4.78 is 20.9. The van der Waals surface area contributed by atoms with Gasteiger partial charge in [-0.25, -0.2) is 4.39 Å². The Morgan fingerprint density at radius 1 is 1.44 bits per heavy atom. The number of aromatic nitrogens is 3. The normalized spacial score (nSPS) is 12.4. The first-order valence-electron chi connectivity index (χ1n) is 5.69. The molecule has 18 heavy (non-hydrogen) atoms. The first-order chi connectivity index (χ1) is 8.61. The Morgan fingerprint density at radius 2 is 2.11 bits per heavy atom. The van der Waals surface area contributed by atoms with Gasteiger partial charge < -0.3 is 9.30 Å². The van der Waals surface area contributed by atoms with Gasteiger partial charge in [0.05, 0.1) is 0 Å². The van der Waals surface area contributed by atoms with Crippen LogP contribution in [0.3, 0.4) is 0 Å². The third-order valence-electron chi connectivity index (χ3n) is 2.59. The number of benzene rings is 1. The molecule has 0 fully saturated rings. The van der Waals surface area contributed by atoms with Crippen molar-refractivity contribution < 1.29 is 9.13 Å². The van der Waals surface area contributed by atoms with Crippen LogP contribution in [-0.4, -0.2) is 14.8 Å². The summed E-state index contributed by atoms with van der Waals surface area (Å²) >= 11 is 5.11. The van der Waals surface area contributed by atoms with E-state index in [1.165, 1.54) is 12.1 Å². The lowest BCUT2D eigenvalue weighted by Crippen LogP contribution is -2.11. The van der Waals surface area contributed by atoms with E-state index in [9.17, 15) is 4.39 Å². The maximum atomic E-state index is 12.8. The quantitative estimate of drug-likeness (QED) is 0.865. The highest BCUT2D eigenvalue weighted by Crippen LogP contribution is 2.20. The smallest absolute Gasteiger partial charge is 0.195 e. The van der Waals surface area contributed by atoms with Crippen molar-refractivity contribution in [3.8, 4) is 5.75 Å². The monoisotopic (exact) mass is 267 g/mol. The van der Waals surface area contributed by atoms with E-state index in [4.69, 9.17) is 17.0 Å². The summed E-state index contributed by atoms with van der Waals surface area (Å²) in [6, 6.07) is 5.89. The van der Waals surface area contributed by atoms with Crippen molar-refractivity contribution in [1.29, 1.82) is 0 Å². The predicted octanol–water partition coefficient (Wildman–Crippen LogP) is 3.24. The van der Waals surface area contributed by atoms with Crippen LogP contribution in [0.2, 0.25) is 0 Å². The fourth-order valence-corrected chi connectivity index (χ4v) is 1.98. The van der Waals surface area contributed by atoms with Crippen molar-refractivity contribution in [2.75, 3.05) is 0 Å². The number of nitrogens with zero attached hydrogens (tertiary/aromatic N) is 2. The third-order valence-corrected chi connectivity index (χ3v) is 2.91. The maximum absolute atomic E-state index is 12.8. The highest BCUT2D eigenvalue weighted by atomic mass is 32.1. The summed E-state index contributed by atoms with van der Waals surface area (Å²) in [7, 11) is 0. The van der Waals surface area contributed by atoms with E-state index >= 15 is 0 Å². The first-order valence-corrected chi connectivity index (χ1v) is 6.10. The lowest BCUT2D eigenvalue weighted by molar-refractivity contribution is 0.210. The molecule has 96 valence electrons.